The largest absolute Gasteiger partial charge is 0.504 e. The van der Waals surface area contributed by atoms with Gasteiger partial charge in [0.1, 0.15) is 11.3 Å². The maximum Gasteiger partial charge on any atom is 0.290 e. The minimum atomic E-state index is -0.679. The number of aromatic hydroxyl groups is 1. The van der Waals surface area contributed by atoms with Gasteiger partial charge in [-0.15, -0.1) is 0 Å². The highest BCUT2D eigenvalue weighted by Gasteiger charge is 2.43. The number of carbonyl (C=O) groups is 1. The normalized spacial score (nSPS) is 14.8. The Hall–Kier alpha value is -4.26. The number of carbonyl (C=O) groups excluding carboxylic acids is 1. The Morgan fingerprint density at radius 1 is 1.03 bits per heavy atom. The van der Waals surface area contributed by atoms with E-state index >= 15 is 0 Å². The second kappa shape index (κ2) is 9.65. The number of fused-ring (bicyclic) bond motifs is 2. The Morgan fingerprint density at radius 2 is 1.78 bits per heavy atom. The molecule has 3 aromatic carbocycles. The van der Waals surface area contributed by atoms with E-state index in [0.717, 1.165) is 22.4 Å². The predicted molar refractivity (Wildman–Crippen MR) is 141 cm³/mol. The van der Waals surface area contributed by atoms with E-state index in [0.29, 0.717) is 47.4 Å². The Bertz CT molecular complexity index is 1550. The number of rotatable bonds is 7. The van der Waals surface area contributed by atoms with Crippen LogP contribution in [0.25, 0.3) is 11.0 Å². The fraction of sp³-hybridized carbons (Fsp3) is 0.267. The Kier molecular flexibility index (Phi) is 6.38. The molecule has 0 fully saturated rings. The summed E-state index contributed by atoms with van der Waals surface area (Å²) in [5.41, 5.74) is 3.96. The van der Waals surface area contributed by atoms with Crippen LogP contribution in [0.3, 0.4) is 0 Å². The number of hydrogen-bond acceptors (Lipinski definition) is 6. The Labute approximate surface area is 214 Å². The van der Waals surface area contributed by atoms with Gasteiger partial charge in [0.2, 0.25) is 5.76 Å². The second-order valence-corrected chi connectivity index (χ2v) is 9.29. The molecular weight excluding hydrogens is 470 g/mol. The molecule has 37 heavy (non-hydrogen) atoms. The van der Waals surface area contributed by atoms with Gasteiger partial charge in [-0.1, -0.05) is 24.3 Å². The molecule has 2 heterocycles. The van der Waals surface area contributed by atoms with Gasteiger partial charge in [0, 0.05) is 6.54 Å². The molecule has 0 radical (unpaired) electrons. The summed E-state index contributed by atoms with van der Waals surface area (Å²) in [5.74, 6) is 0.782. The standard InChI is InChI=1S/C30H29NO6/c1-5-36-24-16-20(8-11-23(24)32)26-25-27(33)22-15-17(2)14-18(3)28(22)37-29(25)30(34)31(26)13-12-19-6-9-21(35-4)10-7-19/h6-11,14-16,26,32H,5,12-13H2,1-4H3. The maximum absolute atomic E-state index is 13.9. The van der Waals surface area contributed by atoms with Gasteiger partial charge < -0.3 is 23.9 Å². The van der Waals surface area contributed by atoms with E-state index in [4.69, 9.17) is 13.9 Å². The lowest BCUT2D eigenvalue weighted by Crippen LogP contribution is -2.31. The zero-order valence-electron chi connectivity index (χ0n) is 21.3. The van der Waals surface area contributed by atoms with Crippen molar-refractivity contribution in [1.82, 2.24) is 4.90 Å². The summed E-state index contributed by atoms with van der Waals surface area (Å²) in [7, 11) is 1.62. The van der Waals surface area contributed by atoms with Crippen molar-refractivity contribution in [3.05, 3.63) is 98.4 Å². The fourth-order valence-corrected chi connectivity index (χ4v) is 5.07. The first-order valence-electron chi connectivity index (χ1n) is 12.3. The molecule has 0 bridgehead atoms. The first-order chi connectivity index (χ1) is 17.8. The van der Waals surface area contributed by atoms with Crippen LogP contribution >= 0.6 is 0 Å². The molecule has 1 amide bonds. The quantitative estimate of drug-likeness (QED) is 0.371. The zero-order chi connectivity index (χ0) is 26.3. The van der Waals surface area contributed by atoms with E-state index in [1.54, 1.807) is 30.2 Å². The molecule has 0 spiro atoms. The minimum absolute atomic E-state index is 0.00303. The van der Waals surface area contributed by atoms with Gasteiger partial charge in [0.05, 0.1) is 30.7 Å². The number of amides is 1. The lowest BCUT2D eigenvalue weighted by atomic mass is 9.97. The number of hydrogen-bond donors (Lipinski definition) is 1. The molecule has 1 unspecified atom stereocenters. The van der Waals surface area contributed by atoms with Crippen LogP contribution in [-0.2, 0) is 6.42 Å². The lowest BCUT2D eigenvalue weighted by molar-refractivity contribution is 0.0729. The minimum Gasteiger partial charge on any atom is -0.504 e. The number of benzene rings is 3. The van der Waals surface area contributed by atoms with Gasteiger partial charge in [-0.3, -0.25) is 9.59 Å². The van der Waals surface area contributed by atoms with Gasteiger partial charge in [-0.2, -0.15) is 0 Å². The number of nitrogens with zero attached hydrogens (tertiary/aromatic N) is 1. The number of phenols is 1. The highest BCUT2D eigenvalue weighted by molar-refractivity contribution is 5.99. The number of phenolic OH excluding ortho intramolecular Hbond substituents is 1. The van der Waals surface area contributed by atoms with E-state index in [2.05, 4.69) is 0 Å². The third-order valence-electron chi connectivity index (χ3n) is 6.80. The lowest BCUT2D eigenvalue weighted by Gasteiger charge is -2.25. The van der Waals surface area contributed by atoms with Gasteiger partial charge >= 0.3 is 0 Å². The third kappa shape index (κ3) is 4.31. The van der Waals surface area contributed by atoms with E-state index in [-0.39, 0.29) is 22.8 Å². The van der Waals surface area contributed by atoms with E-state index in [9.17, 15) is 14.7 Å². The fourth-order valence-electron chi connectivity index (χ4n) is 5.07. The predicted octanol–water partition coefficient (Wildman–Crippen LogP) is 5.31. The molecule has 1 aromatic heterocycles. The van der Waals surface area contributed by atoms with Crippen LogP contribution < -0.4 is 14.9 Å². The van der Waals surface area contributed by atoms with Crippen LogP contribution in [-0.4, -0.2) is 36.2 Å². The van der Waals surface area contributed by atoms with Crippen molar-refractivity contribution >= 4 is 16.9 Å². The Balaban J connectivity index is 1.64. The molecule has 1 atom stereocenters. The SMILES string of the molecule is CCOc1cc(C2c3c(oc4c(C)cc(C)cc4c3=O)C(=O)N2CCc2ccc(OC)cc2)ccc1O. The average molecular weight is 500 g/mol. The highest BCUT2D eigenvalue weighted by Crippen LogP contribution is 2.41. The van der Waals surface area contributed by atoms with E-state index in [1.165, 1.54) is 6.07 Å². The zero-order valence-corrected chi connectivity index (χ0v) is 21.3. The number of methoxy groups -OCH3 is 1. The molecule has 1 N–H and O–H groups in total. The smallest absolute Gasteiger partial charge is 0.290 e. The van der Waals surface area contributed by atoms with Crippen molar-refractivity contribution in [2.45, 2.75) is 33.2 Å². The summed E-state index contributed by atoms with van der Waals surface area (Å²) >= 11 is 0. The summed E-state index contributed by atoms with van der Waals surface area (Å²) in [6.45, 7) is 6.35. The summed E-state index contributed by atoms with van der Waals surface area (Å²) in [5, 5.41) is 10.7. The molecule has 190 valence electrons. The van der Waals surface area contributed by atoms with Crippen LogP contribution in [0.5, 0.6) is 17.2 Å². The van der Waals surface area contributed by atoms with E-state index < -0.39 is 6.04 Å². The summed E-state index contributed by atoms with van der Waals surface area (Å²) in [6, 6.07) is 15.7. The second-order valence-electron chi connectivity index (χ2n) is 9.29. The van der Waals surface area contributed by atoms with Crippen LogP contribution in [0.15, 0.2) is 63.8 Å². The molecule has 5 rings (SSSR count). The van der Waals surface area contributed by atoms with Crippen molar-refractivity contribution in [2.24, 2.45) is 0 Å². The van der Waals surface area contributed by atoms with Gasteiger partial charge in [-0.05, 0) is 79.8 Å². The average Bonchev–Trinajstić information content (AvgIpc) is 3.17. The monoisotopic (exact) mass is 499 g/mol. The number of ether oxygens (including phenoxy) is 2. The van der Waals surface area contributed by atoms with Gasteiger partial charge in [0.15, 0.2) is 16.9 Å². The highest BCUT2D eigenvalue weighted by atomic mass is 16.5. The summed E-state index contributed by atoms with van der Waals surface area (Å²) < 4.78 is 17.0. The number of aryl methyl sites for hydroxylation is 2. The molecule has 7 nitrogen and oxygen atoms in total. The molecule has 4 aromatic rings. The van der Waals surface area contributed by atoms with Crippen LogP contribution in [0, 0.1) is 13.8 Å². The van der Waals surface area contributed by atoms with Gasteiger partial charge in [-0.25, -0.2) is 0 Å². The van der Waals surface area contributed by atoms with Crippen molar-refractivity contribution in [3.8, 4) is 17.2 Å². The van der Waals surface area contributed by atoms with Crippen molar-refractivity contribution in [3.63, 3.8) is 0 Å². The van der Waals surface area contributed by atoms with Crippen molar-refractivity contribution in [1.29, 1.82) is 0 Å². The van der Waals surface area contributed by atoms with Crippen molar-refractivity contribution in [2.75, 3.05) is 20.3 Å². The molecule has 1 aliphatic rings. The van der Waals surface area contributed by atoms with Crippen LogP contribution in [0.1, 0.15) is 51.3 Å². The van der Waals surface area contributed by atoms with Crippen LogP contribution in [0.2, 0.25) is 0 Å². The Morgan fingerprint density at radius 3 is 2.49 bits per heavy atom. The van der Waals surface area contributed by atoms with Crippen molar-refractivity contribution < 1.29 is 23.8 Å². The topological polar surface area (TPSA) is 89.2 Å². The molecule has 1 aliphatic heterocycles. The van der Waals surface area contributed by atoms with E-state index in [1.807, 2.05) is 51.1 Å². The molecule has 0 saturated heterocycles. The first kappa shape index (κ1) is 24.4. The van der Waals surface area contributed by atoms with Crippen LogP contribution in [0.4, 0.5) is 0 Å². The summed E-state index contributed by atoms with van der Waals surface area (Å²) in [6.07, 6.45) is 0.572. The molecule has 0 saturated carbocycles. The molecular formula is C30H29NO6. The third-order valence-corrected chi connectivity index (χ3v) is 6.80. The maximum atomic E-state index is 13.9. The molecule has 7 heteroatoms. The van der Waals surface area contributed by atoms with Gasteiger partial charge in [0.25, 0.3) is 5.91 Å². The summed E-state index contributed by atoms with van der Waals surface area (Å²) in [4.78, 5) is 29.3. The molecule has 0 aliphatic carbocycles. The first-order valence-corrected chi connectivity index (χ1v) is 12.3.